The standard InChI is InChI=1S/C11H10N4O2/c12-5-4-8(16)7-10-14-11(15-17-10)9-3-1-2-6-13-9/h1-3,6,8,16H,4,7H2. The Bertz CT molecular complexity index is 518. The van der Waals surface area contributed by atoms with Crippen molar-refractivity contribution in [3.05, 3.63) is 30.3 Å². The SMILES string of the molecule is N#CCC(O)Cc1nc(-c2ccccn2)no1. The number of hydrogen-bond acceptors (Lipinski definition) is 6. The summed E-state index contributed by atoms with van der Waals surface area (Å²) in [6, 6.07) is 7.25. The van der Waals surface area contributed by atoms with Crippen molar-refractivity contribution in [2.24, 2.45) is 0 Å². The van der Waals surface area contributed by atoms with Crippen LogP contribution in [0, 0.1) is 11.3 Å². The number of aromatic nitrogens is 3. The van der Waals surface area contributed by atoms with Gasteiger partial charge >= 0.3 is 0 Å². The topological polar surface area (TPSA) is 95.8 Å². The molecule has 2 heterocycles. The van der Waals surface area contributed by atoms with Gasteiger partial charge in [0.05, 0.1) is 25.0 Å². The van der Waals surface area contributed by atoms with Gasteiger partial charge in [0.2, 0.25) is 11.7 Å². The van der Waals surface area contributed by atoms with Crippen LogP contribution in [-0.4, -0.2) is 26.3 Å². The molecule has 2 rings (SSSR count). The van der Waals surface area contributed by atoms with Crippen molar-refractivity contribution >= 4 is 0 Å². The molecule has 86 valence electrons. The summed E-state index contributed by atoms with van der Waals surface area (Å²) < 4.78 is 4.97. The van der Waals surface area contributed by atoms with Gasteiger partial charge in [-0.05, 0) is 12.1 Å². The zero-order chi connectivity index (χ0) is 12.1. The summed E-state index contributed by atoms with van der Waals surface area (Å²) in [5, 5.41) is 21.6. The fraction of sp³-hybridized carbons (Fsp3) is 0.273. The monoisotopic (exact) mass is 230 g/mol. The van der Waals surface area contributed by atoms with Crippen LogP contribution in [0.5, 0.6) is 0 Å². The minimum absolute atomic E-state index is 0.0430. The van der Waals surface area contributed by atoms with E-state index in [1.165, 1.54) is 0 Å². The highest BCUT2D eigenvalue weighted by Gasteiger charge is 2.13. The van der Waals surface area contributed by atoms with E-state index in [-0.39, 0.29) is 12.8 Å². The van der Waals surface area contributed by atoms with Crippen LogP contribution in [0.2, 0.25) is 0 Å². The summed E-state index contributed by atoms with van der Waals surface area (Å²) in [7, 11) is 0. The van der Waals surface area contributed by atoms with Gasteiger partial charge < -0.3 is 9.63 Å². The summed E-state index contributed by atoms with van der Waals surface area (Å²) in [5.74, 6) is 0.679. The second-order valence-corrected chi connectivity index (χ2v) is 3.45. The summed E-state index contributed by atoms with van der Waals surface area (Å²) in [6.07, 6.45) is 1.07. The van der Waals surface area contributed by atoms with Crippen LogP contribution in [0.4, 0.5) is 0 Å². The third kappa shape index (κ3) is 2.86. The molecule has 0 aliphatic heterocycles. The maximum absolute atomic E-state index is 9.42. The Morgan fingerprint density at radius 2 is 2.35 bits per heavy atom. The first-order valence-electron chi connectivity index (χ1n) is 5.08. The van der Waals surface area contributed by atoms with Crippen LogP contribution < -0.4 is 0 Å². The largest absolute Gasteiger partial charge is 0.392 e. The van der Waals surface area contributed by atoms with E-state index < -0.39 is 6.10 Å². The number of nitriles is 1. The highest BCUT2D eigenvalue weighted by atomic mass is 16.5. The molecule has 0 saturated carbocycles. The van der Waals surface area contributed by atoms with Gasteiger partial charge in [-0.2, -0.15) is 10.2 Å². The van der Waals surface area contributed by atoms with E-state index in [9.17, 15) is 5.11 Å². The fourth-order valence-corrected chi connectivity index (χ4v) is 1.32. The van der Waals surface area contributed by atoms with Crippen LogP contribution in [-0.2, 0) is 6.42 Å². The van der Waals surface area contributed by atoms with Crippen molar-refractivity contribution in [3.63, 3.8) is 0 Å². The number of nitrogens with zero attached hydrogens (tertiary/aromatic N) is 4. The first-order chi connectivity index (χ1) is 8.29. The molecule has 0 bridgehead atoms. The molecule has 2 aromatic rings. The summed E-state index contributed by atoms with van der Waals surface area (Å²) in [4.78, 5) is 8.17. The average Bonchev–Trinajstić information content (AvgIpc) is 2.79. The predicted molar refractivity (Wildman–Crippen MR) is 57.5 cm³/mol. The van der Waals surface area contributed by atoms with Gasteiger partial charge in [0.15, 0.2) is 0 Å². The Labute approximate surface area is 97.5 Å². The zero-order valence-corrected chi connectivity index (χ0v) is 8.95. The molecule has 0 aliphatic carbocycles. The minimum Gasteiger partial charge on any atom is -0.392 e. The Morgan fingerprint density at radius 3 is 3.06 bits per heavy atom. The summed E-state index contributed by atoms with van der Waals surface area (Å²) >= 11 is 0. The van der Waals surface area contributed by atoms with Gasteiger partial charge in [0.25, 0.3) is 0 Å². The number of aliphatic hydroxyl groups is 1. The lowest BCUT2D eigenvalue weighted by atomic mass is 10.2. The van der Waals surface area contributed by atoms with Gasteiger partial charge in [-0.25, -0.2) is 0 Å². The highest BCUT2D eigenvalue weighted by Crippen LogP contribution is 2.13. The predicted octanol–water partition coefficient (Wildman–Crippen LogP) is 0.949. The number of rotatable bonds is 4. The van der Waals surface area contributed by atoms with Gasteiger partial charge in [0.1, 0.15) is 5.69 Å². The lowest BCUT2D eigenvalue weighted by molar-refractivity contribution is 0.167. The van der Waals surface area contributed by atoms with Crippen LogP contribution in [0.25, 0.3) is 11.5 Å². The van der Waals surface area contributed by atoms with E-state index in [4.69, 9.17) is 9.78 Å². The van der Waals surface area contributed by atoms with E-state index in [1.807, 2.05) is 12.1 Å². The maximum atomic E-state index is 9.42. The molecule has 0 spiro atoms. The molecule has 2 aromatic heterocycles. The van der Waals surface area contributed by atoms with E-state index in [0.717, 1.165) is 0 Å². The van der Waals surface area contributed by atoms with Crippen LogP contribution >= 0.6 is 0 Å². The summed E-state index contributed by atoms with van der Waals surface area (Å²) in [6.45, 7) is 0. The molecule has 0 radical (unpaired) electrons. The van der Waals surface area contributed by atoms with E-state index >= 15 is 0 Å². The smallest absolute Gasteiger partial charge is 0.229 e. The number of hydrogen-bond donors (Lipinski definition) is 1. The van der Waals surface area contributed by atoms with Crippen molar-refractivity contribution in [1.82, 2.24) is 15.1 Å². The molecule has 1 N–H and O–H groups in total. The van der Waals surface area contributed by atoms with Gasteiger partial charge in [-0.15, -0.1) is 0 Å². The molecular formula is C11H10N4O2. The zero-order valence-electron chi connectivity index (χ0n) is 8.95. The van der Waals surface area contributed by atoms with Crippen LogP contribution in [0.15, 0.2) is 28.9 Å². The summed E-state index contributed by atoms with van der Waals surface area (Å²) in [5.41, 5.74) is 0.609. The molecule has 0 aromatic carbocycles. The third-order valence-corrected chi connectivity index (χ3v) is 2.10. The van der Waals surface area contributed by atoms with Crippen molar-refractivity contribution in [2.75, 3.05) is 0 Å². The molecule has 1 unspecified atom stereocenters. The molecule has 0 saturated heterocycles. The third-order valence-electron chi connectivity index (χ3n) is 2.10. The lowest BCUT2D eigenvalue weighted by Crippen LogP contribution is -2.09. The molecule has 6 nitrogen and oxygen atoms in total. The molecular weight excluding hydrogens is 220 g/mol. The molecule has 6 heteroatoms. The number of aliphatic hydroxyl groups excluding tert-OH is 1. The van der Waals surface area contributed by atoms with Crippen molar-refractivity contribution in [1.29, 1.82) is 5.26 Å². The maximum Gasteiger partial charge on any atom is 0.229 e. The van der Waals surface area contributed by atoms with Crippen molar-refractivity contribution in [2.45, 2.75) is 18.9 Å². The Hall–Kier alpha value is -2.26. The van der Waals surface area contributed by atoms with Gasteiger partial charge in [0, 0.05) is 6.20 Å². The number of pyridine rings is 1. The Balaban J connectivity index is 2.09. The first-order valence-corrected chi connectivity index (χ1v) is 5.08. The van der Waals surface area contributed by atoms with Crippen LogP contribution in [0.1, 0.15) is 12.3 Å². The second-order valence-electron chi connectivity index (χ2n) is 3.45. The molecule has 0 fully saturated rings. The van der Waals surface area contributed by atoms with E-state index in [1.54, 1.807) is 18.3 Å². The highest BCUT2D eigenvalue weighted by molar-refractivity contribution is 5.46. The van der Waals surface area contributed by atoms with Gasteiger partial charge in [-0.3, -0.25) is 4.98 Å². The first kappa shape index (κ1) is 11.2. The molecule has 0 aliphatic rings. The minimum atomic E-state index is -0.781. The molecule has 17 heavy (non-hydrogen) atoms. The van der Waals surface area contributed by atoms with E-state index in [0.29, 0.717) is 17.4 Å². The lowest BCUT2D eigenvalue weighted by Gasteiger charge is -1.99. The Morgan fingerprint density at radius 1 is 1.47 bits per heavy atom. The van der Waals surface area contributed by atoms with Crippen LogP contribution in [0.3, 0.4) is 0 Å². The fourth-order valence-electron chi connectivity index (χ4n) is 1.32. The normalized spacial score (nSPS) is 12.0. The average molecular weight is 230 g/mol. The van der Waals surface area contributed by atoms with Gasteiger partial charge in [-0.1, -0.05) is 11.2 Å². The second kappa shape index (κ2) is 5.18. The Kier molecular flexibility index (Phi) is 3.43. The van der Waals surface area contributed by atoms with Crippen molar-refractivity contribution < 1.29 is 9.63 Å². The van der Waals surface area contributed by atoms with Crippen molar-refractivity contribution in [3.8, 4) is 17.6 Å². The quantitative estimate of drug-likeness (QED) is 0.839. The molecule has 0 amide bonds. The molecule has 1 atom stereocenters. The van der Waals surface area contributed by atoms with E-state index in [2.05, 4.69) is 15.1 Å².